The number of halogens is 4. The lowest BCUT2D eigenvalue weighted by Crippen LogP contribution is -2.30. The molecule has 2 rings (SSSR count). The molecule has 0 aliphatic rings. The second-order valence-corrected chi connectivity index (χ2v) is 7.28. The molecule has 106 valence electrons. The van der Waals surface area contributed by atoms with Crippen molar-refractivity contribution >= 4 is 54.5 Å². The Labute approximate surface area is 147 Å². The van der Waals surface area contributed by atoms with Gasteiger partial charge in [-0.05, 0) is 76.5 Å². The summed E-state index contributed by atoms with van der Waals surface area (Å²) in [6, 6.07) is 10.6. The normalized spacial score (nSPS) is 12.4. The Bertz CT molecular complexity index is 622. The molecule has 6 heteroatoms. The fourth-order valence-electron chi connectivity index (χ4n) is 1.96. The predicted octanol–water partition coefficient (Wildman–Crippen LogP) is 4.70. The smallest absolute Gasteiger partial charge is 0.123 e. The van der Waals surface area contributed by atoms with Crippen molar-refractivity contribution in [1.29, 1.82) is 0 Å². The zero-order valence-corrected chi connectivity index (χ0v) is 15.7. The van der Waals surface area contributed by atoms with Gasteiger partial charge in [-0.3, -0.25) is 11.3 Å². The summed E-state index contributed by atoms with van der Waals surface area (Å²) in [6.07, 6.45) is 0.591. The standard InChI is InChI=1S/C14H12Br2FIN2/c15-12-3-1-9(17)5-8(12)6-14(20-19)11-7-10(18)2-4-13(11)16/h1-5,7,14,20H,6,19H2. The third kappa shape index (κ3) is 4.00. The van der Waals surface area contributed by atoms with Crippen molar-refractivity contribution in [3.63, 3.8) is 0 Å². The maximum Gasteiger partial charge on any atom is 0.123 e. The second kappa shape index (κ2) is 7.31. The summed E-state index contributed by atoms with van der Waals surface area (Å²) in [5, 5.41) is 0. The Kier molecular flexibility index (Phi) is 5.97. The van der Waals surface area contributed by atoms with Crippen LogP contribution in [-0.2, 0) is 6.42 Å². The van der Waals surface area contributed by atoms with Crippen LogP contribution in [0.2, 0.25) is 0 Å². The molecule has 0 spiro atoms. The largest absolute Gasteiger partial charge is 0.271 e. The molecule has 2 aromatic carbocycles. The van der Waals surface area contributed by atoms with Crippen LogP contribution in [0.4, 0.5) is 4.39 Å². The van der Waals surface area contributed by atoms with Gasteiger partial charge >= 0.3 is 0 Å². The van der Waals surface area contributed by atoms with E-state index in [-0.39, 0.29) is 11.9 Å². The zero-order chi connectivity index (χ0) is 14.7. The first-order chi connectivity index (χ1) is 9.51. The summed E-state index contributed by atoms with van der Waals surface area (Å²) >= 11 is 9.23. The molecule has 0 bridgehead atoms. The van der Waals surface area contributed by atoms with Crippen molar-refractivity contribution in [1.82, 2.24) is 5.43 Å². The van der Waals surface area contributed by atoms with E-state index in [0.29, 0.717) is 6.42 Å². The quantitative estimate of drug-likeness (QED) is 0.353. The molecule has 0 aliphatic carbocycles. The van der Waals surface area contributed by atoms with Crippen molar-refractivity contribution < 1.29 is 4.39 Å². The topological polar surface area (TPSA) is 38.0 Å². The van der Waals surface area contributed by atoms with Crippen molar-refractivity contribution in [2.24, 2.45) is 5.84 Å². The Morgan fingerprint density at radius 1 is 1.15 bits per heavy atom. The first-order valence-electron chi connectivity index (χ1n) is 5.86. The van der Waals surface area contributed by atoms with Crippen molar-refractivity contribution in [2.45, 2.75) is 12.5 Å². The second-order valence-electron chi connectivity index (χ2n) is 4.32. The SMILES string of the molecule is NNC(Cc1cc(F)ccc1Br)c1cc(I)ccc1Br. The van der Waals surface area contributed by atoms with Crippen LogP contribution in [-0.4, -0.2) is 0 Å². The summed E-state index contributed by atoms with van der Waals surface area (Å²) in [7, 11) is 0. The molecule has 20 heavy (non-hydrogen) atoms. The predicted molar refractivity (Wildman–Crippen MR) is 94.7 cm³/mol. The van der Waals surface area contributed by atoms with Gasteiger partial charge in [0.25, 0.3) is 0 Å². The number of hydrazine groups is 1. The van der Waals surface area contributed by atoms with Gasteiger partial charge in [-0.1, -0.05) is 31.9 Å². The summed E-state index contributed by atoms with van der Waals surface area (Å²) in [4.78, 5) is 0. The van der Waals surface area contributed by atoms with Crippen LogP contribution in [0, 0.1) is 9.39 Å². The molecule has 0 saturated heterocycles. The maximum atomic E-state index is 13.4. The van der Waals surface area contributed by atoms with E-state index in [9.17, 15) is 4.39 Å². The molecule has 1 atom stereocenters. The van der Waals surface area contributed by atoms with Crippen LogP contribution >= 0.6 is 54.5 Å². The molecule has 0 aliphatic heterocycles. The first-order valence-corrected chi connectivity index (χ1v) is 8.52. The highest BCUT2D eigenvalue weighted by atomic mass is 127. The van der Waals surface area contributed by atoms with E-state index >= 15 is 0 Å². The zero-order valence-electron chi connectivity index (χ0n) is 10.3. The molecular weight excluding hydrogens is 502 g/mol. The monoisotopic (exact) mass is 512 g/mol. The molecule has 1 unspecified atom stereocenters. The van der Waals surface area contributed by atoms with E-state index in [1.165, 1.54) is 12.1 Å². The number of hydrogen-bond acceptors (Lipinski definition) is 2. The third-order valence-corrected chi connectivity index (χ3v) is 5.13. The van der Waals surface area contributed by atoms with Gasteiger partial charge in [-0.25, -0.2) is 4.39 Å². The fourth-order valence-corrected chi connectivity index (χ4v) is 3.41. The Morgan fingerprint density at radius 3 is 2.55 bits per heavy atom. The van der Waals surface area contributed by atoms with Crippen LogP contribution in [0.15, 0.2) is 45.3 Å². The van der Waals surface area contributed by atoms with Gasteiger partial charge in [-0.15, -0.1) is 0 Å². The lowest BCUT2D eigenvalue weighted by molar-refractivity contribution is 0.545. The van der Waals surface area contributed by atoms with E-state index in [1.54, 1.807) is 6.07 Å². The Morgan fingerprint density at radius 2 is 1.85 bits per heavy atom. The van der Waals surface area contributed by atoms with Crippen molar-refractivity contribution in [3.8, 4) is 0 Å². The molecule has 0 amide bonds. The summed E-state index contributed by atoms with van der Waals surface area (Å²) < 4.78 is 16.3. The fraction of sp³-hybridized carbons (Fsp3) is 0.143. The minimum Gasteiger partial charge on any atom is -0.271 e. The highest BCUT2D eigenvalue weighted by Gasteiger charge is 2.16. The molecular formula is C14H12Br2FIN2. The van der Waals surface area contributed by atoms with Gasteiger partial charge in [0.05, 0.1) is 6.04 Å². The van der Waals surface area contributed by atoms with Crippen LogP contribution in [0.25, 0.3) is 0 Å². The van der Waals surface area contributed by atoms with E-state index < -0.39 is 0 Å². The number of nitrogens with one attached hydrogen (secondary N) is 1. The lowest BCUT2D eigenvalue weighted by Gasteiger charge is -2.19. The number of hydrogen-bond donors (Lipinski definition) is 2. The minimum absolute atomic E-state index is 0.0998. The average Bonchev–Trinajstić information content (AvgIpc) is 2.42. The molecule has 3 N–H and O–H groups in total. The van der Waals surface area contributed by atoms with Crippen LogP contribution in [0.5, 0.6) is 0 Å². The highest BCUT2D eigenvalue weighted by Crippen LogP contribution is 2.29. The summed E-state index contributed by atoms with van der Waals surface area (Å²) in [5.74, 6) is 5.43. The van der Waals surface area contributed by atoms with Crippen LogP contribution in [0.1, 0.15) is 17.2 Å². The molecule has 0 aromatic heterocycles. The maximum absolute atomic E-state index is 13.4. The van der Waals surface area contributed by atoms with Gasteiger partial charge in [-0.2, -0.15) is 0 Å². The average molecular weight is 514 g/mol. The van der Waals surface area contributed by atoms with Gasteiger partial charge in [0.15, 0.2) is 0 Å². The van der Waals surface area contributed by atoms with Gasteiger partial charge in [0.1, 0.15) is 5.82 Å². The number of benzene rings is 2. The first kappa shape index (κ1) is 16.4. The molecule has 2 aromatic rings. The molecule has 0 fully saturated rings. The Balaban J connectivity index is 2.33. The molecule has 0 heterocycles. The highest BCUT2D eigenvalue weighted by molar-refractivity contribution is 14.1. The summed E-state index contributed by atoms with van der Waals surface area (Å²) in [5.41, 5.74) is 4.73. The Hall–Kier alpha value is -0.0200. The van der Waals surface area contributed by atoms with Crippen LogP contribution in [0.3, 0.4) is 0 Å². The van der Waals surface area contributed by atoms with E-state index in [4.69, 9.17) is 5.84 Å². The number of nitrogens with two attached hydrogens (primary N) is 1. The molecule has 2 nitrogen and oxygen atoms in total. The van der Waals surface area contributed by atoms with Gasteiger partial charge in [0.2, 0.25) is 0 Å². The molecule has 0 saturated carbocycles. The lowest BCUT2D eigenvalue weighted by atomic mass is 9.99. The molecule has 0 radical (unpaired) electrons. The van der Waals surface area contributed by atoms with Gasteiger partial charge < -0.3 is 0 Å². The van der Waals surface area contributed by atoms with Gasteiger partial charge in [0, 0.05) is 12.5 Å². The number of rotatable bonds is 4. The van der Waals surface area contributed by atoms with E-state index in [2.05, 4.69) is 65.9 Å². The summed E-state index contributed by atoms with van der Waals surface area (Å²) in [6.45, 7) is 0. The van der Waals surface area contributed by atoms with Crippen molar-refractivity contribution in [3.05, 3.63) is 65.9 Å². The van der Waals surface area contributed by atoms with Crippen LogP contribution < -0.4 is 11.3 Å². The minimum atomic E-state index is -0.249. The van der Waals surface area contributed by atoms with E-state index in [0.717, 1.165) is 23.6 Å². The van der Waals surface area contributed by atoms with E-state index in [1.807, 2.05) is 12.1 Å². The van der Waals surface area contributed by atoms with Crippen molar-refractivity contribution in [2.75, 3.05) is 0 Å². The third-order valence-electron chi connectivity index (χ3n) is 2.97.